The Morgan fingerprint density at radius 3 is 2.75 bits per heavy atom. The van der Waals surface area contributed by atoms with Gasteiger partial charge in [0.1, 0.15) is 11.6 Å². The number of aliphatic hydroxyl groups excluding tert-OH is 1. The van der Waals surface area contributed by atoms with E-state index in [9.17, 15) is 13.9 Å². The molecule has 1 unspecified atom stereocenters. The van der Waals surface area contributed by atoms with E-state index >= 15 is 0 Å². The van der Waals surface area contributed by atoms with Crippen LogP contribution < -0.4 is 0 Å². The highest BCUT2D eigenvalue weighted by molar-refractivity contribution is 5.19. The van der Waals surface area contributed by atoms with Gasteiger partial charge in [0.15, 0.2) is 0 Å². The summed E-state index contributed by atoms with van der Waals surface area (Å²) < 4.78 is 30.9. The fourth-order valence-electron chi connectivity index (χ4n) is 1.41. The molecule has 1 aromatic carbocycles. The van der Waals surface area contributed by atoms with E-state index in [1.54, 1.807) is 0 Å². The minimum absolute atomic E-state index is 0.180. The lowest BCUT2D eigenvalue weighted by Crippen LogP contribution is -2.14. The van der Waals surface area contributed by atoms with Gasteiger partial charge >= 0.3 is 0 Å². The Bertz CT molecular complexity index is 329. The average Bonchev–Trinajstić information content (AvgIpc) is 2.23. The Hall–Kier alpha value is -1.00. The van der Waals surface area contributed by atoms with E-state index in [1.807, 2.05) is 6.92 Å². The van der Waals surface area contributed by atoms with Crippen molar-refractivity contribution in [2.75, 3.05) is 13.2 Å². The van der Waals surface area contributed by atoms with E-state index < -0.39 is 17.7 Å². The molecule has 90 valence electrons. The Balaban J connectivity index is 2.46. The fourth-order valence-corrected chi connectivity index (χ4v) is 1.41. The van der Waals surface area contributed by atoms with Crippen LogP contribution >= 0.6 is 0 Å². The predicted octanol–water partition coefficient (Wildman–Crippen LogP) is 2.29. The number of hydrogen-bond acceptors (Lipinski definition) is 2. The van der Waals surface area contributed by atoms with E-state index in [4.69, 9.17) is 4.74 Å². The number of ether oxygens (including phenoxy) is 1. The van der Waals surface area contributed by atoms with Crippen LogP contribution in [0.4, 0.5) is 8.78 Å². The number of rotatable bonds is 6. The molecule has 0 amide bonds. The lowest BCUT2D eigenvalue weighted by atomic mass is 10.1. The first kappa shape index (κ1) is 13.1. The van der Waals surface area contributed by atoms with Gasteiger partial charge in [-0.1, -0.05) is 6.07 Å². The van der Waals surface area contributed by atoms with Gasteiger partial charge in [-0.15, -0.1) is 0 Å². The summed E-state index contributed by atoms with van der Waals surface area (Å²) in [7, 11) is 0. The molecule has 0 aromatic heterocycles. The highest BCUT2D eigenvalue weighted by Gasteiger charge is 2.10. The smallest absolute Gasteiger partial charge is 0.129 e. The van der Waals surface area contributed by atoms with Crippen LogP contribution in [0.5, 0.6) is 0 Å². The zero-order valence-electron chi connectivity index (χ0n) is 9.25. The van der Waals surface area contributed by atoms with Crippen LogP contribution in [0.3, 0.4) is 0 Å². The Labute approximate surface area is 93.9 Å². The van der Waals surface area contributed by atoms with Crippen molar-refractivity contribution in [1.29, 1.82) is 0 Å². The predicted molar refractivity (Wildman–Crippen MR) is 57.2 cm³/mol. The van der Waals surface area contributed by atoms with Crippen LogP contribution in [0.2, 0.25) is 0 Å². The molecule has 0 spiro atoms. The summed E-state index contributed by atoms with van der Waals surface area (Å²) in [6.45, 7) is 2.91. The van der Waals surface area contributed by atoms with Gasteiger partial charge in [-0.25, -0.2) is 8.78 Å². The molecule has 0 aliphatic rings. The molecule has 0 aliphatic carbocycles. The van der Waals surface area contributed by atoms with E-state index in [-0.39, 0.29) is 6.42 Å². The van der Waals surface area contributed by atoms with Crippen LogP contribution in [-0.4, -0.2) is 24.4 Å². The summed E-state index contributed by atoms with van der Waals surface area (Å²) in [5, 5.41) is 9.58. The molecular formula is C12H16F2O2. The first-order chi connectivity index (χ1) is 7.63. The summed E-state index contributed by atoms with van der Waals surface area (Å²) in [4.78, 5) is 0. The molecule has 16 heavy (non-hydrogen) atoms. The van der Waals surface area contributed by atoms with Gasteiger partial charge in [0.2, 0.25) is 0 Å². The summed E-state index contributed by atoms with van der Waals surface area (Å²) in [6, 6.07) is 3.37. The molecule has 1 atom stereocenters. The maximum atomic E-state index is 13.2. The second-order valence-electron chi connectivity index (χ2n) is 3.58. The van der Waals surface area contributed by atoms with Gasteiger partial charge in [0.05, 0.1) is 6.10 Å². The highest BCUT2D eigenvalue weighted by atomic mass is 19.1. The van der Waals surface area contributed by atoms with E-state index in [0.29, 0.717) is 25.2 Å². The second kappa shape index (κ2) is 6.55. The van der Waals surface area contributed by atoms with Crippen molar-refractivity contribution in [2.24, 2.45) is 0 Å². The quantitative estimate of drug-likeness (QED) is 0.760. The van der Waals surface area contributed by atoms with Gasteiger partial charge < -0.3 is 9.84 Å². The standard InChI is InChI=1S/C12H16F2O2/c1-2-16-6-5-11(15)7-9-3-4-10(13)8-12(9)14/h3-4,8,11,15H,2,5-7H2,1H3. The number of benzene rings is 1. The molecule has 0 fully saturated rings. The molecule has 0 bridgehead atoms. The number of hydrogen-bond donors (Lipinski definition) is 1. The summed E-state index contributed by atoms with van der Waals surface area (Å²) in [5.41, 5.74) is 0.324. The van der Waals surface area contributed by atoms with Crippen LogP contribution in [0, 0.1) is 11.6 Å². The number of aliphatic hydroxyl groups is 1. The summed E-state index contributed by atoms with van der Waals surface area (Å²) in [5.74, 6) is -1.22. The molecule has 2 nitrogen and oxygen atoms in total. The lowest BCUT2D eigenvalue weighted by Gasteiger charge is -2.11. The molecule has 0 saturated heterocycles. The van der Waals surface area contributed by atoms with Crippen LogP contribution in [0.15, 0.2) is 18.2 Å². The molecule has 1 aromatic rings. The second-order valence-corrected chi connectivity index (χ2v) is 3.58. The first-order valence-corrected chi connectivity index (χ1v) is 5.33. The third-order valence-corrected chi connectivity index (χ3v) is 2.27. The van der Waals surface area contributed by atoms with Gasteiger partial charge in [0.25, 0.3) is 0 Å². The average molecular weight is 230 g/mol. The molecule has 1 rings (SSSR count). The zero-order chi connectivity index (χ0) is 12.0. The van der Waals surface area contributed by atoms with Crippen LogP contribution in [0.1, 0.15) is 18.9 Å². The Morgan fingerprint density at radius 2 is 2.12 bits per heavy atom. The molecule has 0 radical (unpaired) electrons. The van der Waals surface area contributed by atoms with Crippen molar-refractivity contribution in [3.05, 3.63) is 35.4 Å². The summed E-state index contributed by atoms with van der Waals surface area (Å²) >= 11 is 0. The minimum atomic E-state index is -0.661. The van der Waals surface area contributed by atoms with Gasteiger partial charge in [-0.05, 0) is 25.0 Å². The van der Waals surface area contributed by atoms with E-state index in [2.05, 4.69) is 0 Å². The SMILES string of the molecule is CCOCCC(O)Cc1ccc(F)cc1F. The van der Waals surface area contributed by atoms with Crippen molar-refractivity contribution < 1.29 is 18.6 Å². The van der Waals surface area contributed by atoms with Crippen LogP contribution in [-0.2, 0) is 11.2 Å². The van der Waals surface area contributed by atoms with Gasteiger partial charge in [-0.3, -0.25) is 0 Å². The van der Waals surface area contributed by atoms with Crippen molar-refractivity contribution in [2.45, 2.75) is 25.9 Å². The monoisotopic (exact) mass is 230 g/mol. The molecule has 1 N–H and O–H groups in total. The lowest BCUT2D eigenvalue weighted by molar-refractivity contribution is 0.0883. The Kier molecular flexibility index (Phi) is 5.35. The maximum Gasteiger partial charge on any atom is 0.129 e. The third-order valence-electron chi connectivity index (χ3n) is 2.27. The highest BCUT2D eigenvalue weighted by Crippen LogP contribution is 2.12. The fraction of sp³-hybridized carbons (Fsp3) is 0.500. The summed E-state index contributed by atoms with van der Waals surface area (Å²) in [6.07, 6.45) is -0.0318. The van der Waals surface area contributed by atoms with Crippen molar-refractivity contribution in [1.82, 2.24) is 0 Å². The molecule has 0 heterocycles. The molecule has 0 aliphatic heterocycles. The van der Waals surface area contributed by atoms with Crippen molar-refractivity contribution >= 4 is 0 Å². The zero-order valence-corrected chi connectivity index (χ0v) is 9.25. The minimum Gasteiger partial charge on any atom is -0.393 e. The van der Waals surface area contributed by atoms with Gasteiger partial charge in [-0.2, -0.15) is 0 Å². The Morgan fingerprint density at radius 1 is 1.38 bits per heavy atom. The third kappa shape index (κ3) is 4.24. The van der Waals surface area contributed by atoms with E-state index in [1.165, 1.54) is 12.1 Å². The van der Waals surface area contributed by atoms with Crippen LogP contribution in [0.25, 0.3) is 0 Å². The molecule has 0 saturated carbocycles. The van der Waals surface area contributed by atoms with Crippen molar-refractivity contribution in [3.8, 4) is 0 Å². The van der Waals surface area contributed by atoms with Crippen molar-refractivity contribution in [3.63, 3.8) is 0 Å². The topological polar surface area (TPSA) is 29.5 Å². The van der Waals surface area contributed by atoms with E-state index in [0.717, 1.165) is 6.07 Å². The largest absolute Gasteiger partial charge is 0.393 e. The number of halogens is 2. The first-order valence-electron chi connectivity index (χ1n) is 5.33. The molecule has 4 heteroatoms. The normalized spacial score (nSPS) is 12.8. The van der Waals surface area contributed by atoms with Gasteiger partial charge in [0, 0.05) is 25.7 Å². The maximum absolute atomic E-state index is 13.2. The molecular weight excluding hydrogens is 214 g/mol.